The van der Waals surface area contributed by atoms with Crippen LogP contribution < -0.4 is 11.1 Å². The van der Waals surface area contributed by atoms with Crippen molar-refractivity contribution in [1.82, 2.24) is 9.80 Å². The summed E-state index contributed by atoms with van der Waals surface area (Å²) in [5.74, 6) is -0.0485. The minimum atomic E-state index is -0.531. The molecule has 0 bridgehead atoms. The van der Waals surface area contributed by atoms with E-state index in [4.69, 9.17) is 5.73 Å². The van der Waals surface area contributed by atoms with Gasteiger partial charge in [0.1, 0.15) is 0 Å². The molecule has 6 nitrogen and oxygen atoms in total. The molecule has 1 fully saturated rings. The summed E-state index contributed by atoms with van der Waals surface area (Å²) in [4.78, 5) is 29.0. The van der Waals surface area contributed by atoms with Crippen molar-refractivity contribution in [3.05, 3.63) is 65.2 Å². The number of amides is 2. The first-order valence-electron chi connectivity index (χ1n) is 10.1. The Balaban J connectivity index is 1.45. The van der Waals surface area contributed by atoms with Crippen LogP contribution >= 0.6 is 0 Å². The van der Waals surface area contributed by atoms with Crippen LogP contribution in [0, 0.1) is 13.8 Å². The van der Waals surface area contributed by atoms with Gasteiger partial charge in [-0.15, -0.1) is 0 Å². The lowest BCUT2D eigenvalue weighted by Crippen LogP contribution is -2.54. The standard InChI is InChI=1S/C23H30N4O2/c1-17-7-6-10-21(18(17)2)25-22(28)16-26-11-13-27(14-12-26)23(29)20(24)15-19-8-4-3-5-9-19/h3-10,20H,11-16,24H2,1-2H3,(H,25,28). The topological polar surface area (TPSA) is 78.7 Å². The van der Waals surface area contributed by atoms with Crippen LogP contribution in [0.3, 0.4) is 0 Å². The summed E-state index contributed by atoms with van der Waals surface area (Å²) in [5, 5.41) is 3.00. The first-order chi connectivity index (χ1) is 13.9. The number of anilines is 1. The molecule has 29 heavy (non-hydrogen) atoms. The van der Waals surface area contributed by atoms with E-state index in [9.17, 15) is 9.59 Å². The lowest BCUT2D eigenvalue weighted by molar-refractivity contribution is -0.134. The molecular formula is C23H30N4O2. The van der Waals surface area contributed by atoms with Gasteiger partial charge in [0.15, 0.2) is 0 Å². The highest BCUT2D eigenvalue weighted by Crippen LogP contribution is 2.18. The second kappa shape index (κ2) is 9.67. The van der Waals surface area contributed by atoms with Crippen LogP contribution in [0.15, 0.2) is 48.5 Å². The maximum Gasteiger partial charge on any atom is 0.239 e. The number of nitrogens with two attached hydrogens (primary N) is 1. The molecule has 1 saturated heterocycles. The minimum Gasteiger partial charge on any atom is -0.339 e. The van der Waals surface area contributed by atoms with Crippen LogP contribution in [0.4, 0.5) is 5.69 Å². The summed E-state index contributed by atoms with van der Waals surface area (Å²) in [6.45, 7) is 6.90. The maximum atomic E-state index is 12.6. The fourth-order valence-electron chi connectivity index (χ4n) is 3.60. The molecule has 154 valence electrons. The zero-order valence-corrected chi connectivity index (χ0v) is 17.2. The third-order valence-electron chi connectivity index (χ3n) is 5.55. The van der Waals surface area contributed by atoms with Gasteiger partial charge in [0.05, 0.1) is 12.6 Å². The Hall–Kier alpha value is -2.70. The zero-order valence-electron chi connectivity index (χ0n) is 17.2. The van der Waals surface area contributed by atoms with Gasteiger partial charge in [-0.3, -0.25) is 14.5 Å². The number of carbonyl (C=O) groups excluding carboxylic acids is 2. The molecule has 6 heteroatoms. The highest BCUT2D eigenvalue weighted by molar-refractivity contribution is 5.93. The largest absolute Gasteiger partial charge is 0.339 e. The van der Waals surface area contributed by atoms with Gasteiger partial charge in [-0.1, -0.05) is 42.5 Å². The first-order valence-corrected chi connectivity index (χ1v) is 10.1. The van der Waals surface area contributed by atoms with Crippen LogP contribution in [0.1, 0.15) is 16.7 Å². The maximum absolute atomic E-state index is 12.6. The minimum absolute atomic E-state index is 0.0201. The van der Waals surface area contributed by atoms with Gasteiger partial charge in [0.25, 0.3) is 0 Å². The summed E-state index contributed by atoms with van der Waals surface area (Å²) in [6.07, 6.45) is 0.540. The van der Waals surface area contributed by atoms with Crippen molar-refractivity contribution < 1.29 is 9.59 Å². The fourth-order valence-corrected chi connectivity index (χ4v) is 3.60. The van der Waals surface area contributed by atoms with Gasteiger partial charge < -0.3 is 16.0 Å². The second-order valence-electron chi connectivity index (χ2n) is 7.69. The number of aryl methyl sites for hydroxylation is 1. The number of nitrogens with one attached hydrogen (secondary N) is 1. The van der Waals surface area contributed by atoms with E-state index >= 15 is 0 Å². The van der Waals surface area contributed by atoms with Gasteiger partial charge >= 0.3 is 0 Å². The third kappa shape index (κ3) is 5.65. The molecule has 3 N–H and O–H groups in total. The molecule has 0 saturated carbocycles. The molecule has 0 aromatic heterocycles. The molecule has 0 spiro atoms. The Morgan fingerprint density at radius 3 is 2.38 bits per heavy atom. The molecule has 2 amide bonds. The van der Waals surface area contributed by atoms with Crippen LogP contribution in [0.5, 0.6) is 0 Å². The molecule has 2 aromatic carbocycles. The van der Waals surface area contributed by atoms with Crippen molar-refractivity contribution in [3.8, 4) is 0 Å². The number of benzene rings is 2. The number of piperazine rings is 1. The molecule has 1 heterocycles. The van der Waals surface area contributed by atoms with Gasteiger partial charge in [-0.2, -0.15) is 0 Å². The normalized spacial score (nSPS) is 15.8. The highest BCUT2D eigenvalue weighted by atomic mass is 16.2. The average Bonchev–Trinajstić information content (AvgIpc) is 2.72. The first kappa shape index (κ1) is 21.0. The van der Waals surface area contributed by atoms with E-state index in [1.807, 2.05) is 67.3 Å². The number of nitrogens with zero attached hydrogens (tertiary/aromatic N) is 2. The lowest BCUT2D eigenvalue weighted by Gasteiger charge is -2.35. The predicted octanol–water partition coefficient (Wildman–Crippen LogP) is 1.96. The summed E-state index contributed by atoms with van der Waals surface area (Å²) in [7, 11) is 0. The van der Waals surface area contributed by atoms with Crippen molar-refractivity contribution in [2.75, 3.05) is 38.0 Å². The number of hydrogen-bond acceptors (Lipinski definition) is 4. The molecule has 1 unspecified atom stereocenters. The Morgan fingerprint density at radius 2 is 1.69 bits per heavy atom. The summed E-state index contributed by atoms with van der Waals surface area (Å²) >= 11 is 0. The van der Waals surface area contributed by atoms with E-state index < -0.39 is 6.04 Å². The number of rotatable bonds is 6. The van der Waals surface area contributed by atoms with Crippen molar-refractivity contribution in [2.45, 2.75) is 26.3 Å². The van der Waals surface area contributed by atoms with Crippen LogP contribution in [0.2, 0.25) is 0 Å². The molecule has 1 aliphatic heterocycles. The van der Waals surface area contributed by atoms with Crippen LogP contribution in [-0.4, -0.2) is 60.4 Å². The van der Waals surface area contributed by atoms with Crippen LogP contribution in [-0.2, 0) is 16.0 Å². The smallest absolute Gasteiger partial charge is 0.239 e. The Labute approximate surface area is 172 Å². The summed E-state index contributed by atoms with van der Waals surface area (Å²) < 4.78 is 0. The van der Waals surface area contributed by atoms with Gasteiger partial charge in [0.2, 0.25) is 11.8 Å². The Bertz CT molecular complexity index is 845. The summed E-state index contributed by atoms with van der Waals surface area (Å²) in [5.41, 5.74) is 10.3. The predicted molar refractivity (Wildman–Crippen MR) is 116 cm³/mol. The molecule has 1 aliphatic rings. The van der Waals surface area contributed by atoms with E-state index in [1.54, 1.807) is 0 Å². The molecule has 1 atom stereocenters. The molecule has 3 rings (SSSR count). The van der Waals surface area contributed by atoms with E-state index in [-0.39, 0.29) is 11.8 Å². The molecule has 2 aromatic rings. The van der Waals surface area contributed by atoms with E-state index in [1.165, 1.54) is 0 Å². The van der Waals surface area contributed by atoms with Gasteiger partial charge in [-0.05, 0) is 43.0 Å². The van der Waals surface area contributed by atoms with Gasteiger partial charge in [0, 0.05) is 31.9 Å². The third-order valence-corrected chi connectivity index (χ3v) is 5.55. The highest BCUT2D eigenvalue weighted by Gasteiger charge is 2.26. The second-order valence-corrected chi connectivity index (χ2v) is 7.69. The van der Waals surface area contributed by atoms with Crippen molar-refractivity contribution in [3.63, 3.8) is 0 Å². The van der Waals surface area contributed by atoms with Crippen molar-refractivity contribution >= 4 is 17.5 Å². The molecular weight excluding hydrogens is 364 g/mol. The van der Waals surface area contributed by atoms with E-state index in [0.717, 1.165) is 22.4 Å². The molecule has 0 aliphatic carbocycles. The lowest BCUT2D eigenvalue weighted by atomic mass is 10.1. The quantitative estimate of drug-likeness (QED) is 0.785. The van der Waals surface area contributed by atoms with Crippen molar-refractivity contribution in [1.29, 1.82) is 0 Å². The van der Waals surface area contributed by atoms with E-state index in [2.05, 4.69) is 10.2 Å². The zero-order chi connectivity index (χ0) is 20.8. The summed E-state index contributed by atoms with van der Waals surface area (Å²) in [6, 6.07) is 15.2. The Kier molecular flexibility index (Phi) is 7.01. The number of hydrogen-bond donors (Lipinski definition) is 2. The van der Waals surface area contributed by atoms with E-state index in [0.29, 0.717) is 39.1 Å². The monoisotopic (exact) mass is 394 g/mol. The number of carbonyl (C=O) groups is 2. The average molecular weight is 395 g/mol. The Morgan fingerprint density at radius 1 is 1.00 bits per heavy atom. The van der Waals surface area contributed by atoms with Crippen LogP contribution in [0.25, 0.3) is 0 Å². The SMILES string of the molecule is Cc1cccc(NC(=O)CN2CCN(C(=O)C(N)Cc3ccccc3)CC2)c1C. The molecule has 0 radical (unpaired) electrons. The van der Waals surface area contributed by atoms with Gasteiger partial charge in [-0.25, -0.2) is 0 Å². The fraction of sp³-hybridized carbons (Fsp3) is 0.391. The van der Waals surface area contributed by atoms with Crippen molar-refractivity contribution in [2.24, 2.45) is 5.73 Å².